The molecule has 0 bridgehead atoms. The number of nitrogens with zero attached hydrogens (tertiary/aromatic N) is 1. The lowest BCUT2D eigenvalue weighted by molar-refractivity contribution is -0.117. The largest absolute Gasteiger partial charge is 0.325 e. The SMILES string of the molecule is NS(=O)(=O)c1cccc(NC(=O)CN2CCc3sccc3C2c2cccs2)c1. The molecule has 6 nitrogen and oxygen atoms in total. The van der Waals surface area contributed by atoms with Crippen molar-refractivity contribution in [3.05, 3.63) is 68.5 Å². The van der Waals surface area contributed by atoms with Crippen molar-refractivity contribution in [2.75, 3.05) is 18.4 Å². The fourth-order valence-corrected chi connectivity index (χ4v) is 5.79. The topological polar surface area (TPSA) is 92.5 Å². The van der Waals surface area contributed by atoms with Crippen molar-refractivity contribution in [2.45, 2.75) is 17.4 Å². The first-order valence-electron chi connectivity index (χ1n) is 8.68. The molecular formula is C19H19N3O3S3. The minimum Gasteiger partial charge on any atom is -0.325 e. The highest BCUT2D eigenvalue weighted by molar-refractivity contribution is 7.89. The Morgan fingerprint density at radius 3 is 2.79 bits per heavy atom. The fourth-order valence-electron chi connectivity index (χ4n) is 3.45. The number of anilines is 1. The third-order valence-electron chi connectivity index (χ3n) is 4.67. The molecule has 28 heavy (non-hydrogen) atoms. The third-order valence-corrected chi connectivity index (χ3v) is 7.50. The molecule has 0 aliphatic carbocycles. The van der Waals surface area contributed by atoms with Gasteiger partial charge in [0.05, 0.1) is 17.5 Å². The van der Waals surface area contributed by atoms with Crippen LogP contribution in [0.4, 0.5) is 5.69 Å². The van der Waals surface area contributed by atoms with Crippen LogP contribution in [0.15, 0.2) is 58.1 Å². The van der Waals surface area contributed by atoms with Crippen LogP contribution in [-0.2, 0) is 21.2 Å². The first-order valence-corrected chi connectivity index (χ1v) is 12.0. The Hall–Kier alpha value is -2.04. The number of benzene rings is 1. The number of rotatable bonds is 5. The molecule has 1 unspecified atom stereocenters. The van der Waals surface area contributed by atoms with Crippen LogP contribution in [0.5, 0.6) is 0 Å². The highest BCUT2D eigenvalue weighted by atomic mass is 32.2. The average Bonchev–Trinajstić information content (AvgIpc) is 3.32. The zero-order valence-electron chi connectivity index (χ0n) is 14.9. The van der Waals surface area contributed by atoms with Gasteiger partial charge in [0.15, 0.2) is 0 Å². The van der Waals surface area contributed by atoms with E-state index in [1.807, 2.05) is 11.4 Å². The first kappa shape index (κ1) is 19.3. The number of thiophene rings is 2. The molecule has 9 heteroatoms. The summed E-state index contributed by atoms with van der Waals surface area (Å²) >= 11 is 3.45. The van der Waals surface area contributed by atoms with Gasteiger partial charge in [-0.05, 0) is 53.1 Å². The van der Waals surface area contributed by atoms with Crippen LogP contribution in [0.3, 0.4) is 0 Å². The summed E-state index contributed by atoms with van der Waals surface area (Å²) in [6.45, 7) is 1.01. The molecule has 1 atom stereocenters. The molecule has 0 spiro atoms. The molecule has 4 rings (SSSR count). The molecule has 3 aromatic rings. The minimum atomic E-state index is -3.81. The van der Waals surface area contributed by atoms with Gasteiger partial charge in [0, 0.05) is 22.0 Å². The van der Waals surface area contributed by atoms with Crippen molar-refractivity contribution in [3.8, 4) is 0 Å². The summed E-state index contributed by atoms with van der Waals surface area (Å²) in [5.41, 5.74) is 1.68. The average molecular weight is 434 g/mol. The summed E-state index contributed by atoms with van der Waals surface area (Å²) in [4.78, 5) is 17.4. The standard InChI is InChI=1S/C19H19N3O3S3/c20-28(24,25)14-4-1-3-13(11-14)21-18(23)12-22-8-6-16-15(7-10-27-16)19(22)17-5-2-9-26-17/h1-5,7,9-11,19H,6,8,12H2,(H,21,23)(H2,20,24,25). The molecule has 1 aliphatic heterocycles. The predicted octanol–water partition coefficient (Wildman–Crippen LogP) is 3.04. The number of amides is 1. The molecule has 2 aromatic heterocycles. The molecule has 0 saturated heterocycles. The van der Waals surface area contributed by atoms with Crippen LogP contribution in [-0.4, -0.2) is 32.3 Å². The van der Waals surface area contributed by atoms with Gasteiger partial charge in [0.25, 0.3) is 0 Å². The minimum absolute atomic E-state index is 0.0253. The second-order valence-corrected chi connectivity index (χ2v) is 10.1. The van der Waals surface area contributed by atoms with Crippen molar-refractivity contribution in [1.29, 1.82) is 0 Å². The number of carbonyl (C=O) groups excluding carboxylic acids is 1. The summed E-state index contributed by atoms with van der Waals surface area (Å²) in [5, 5.41) is 12.1. The lowest BCUT2D eigenvalue weighted by atomic mass is 9.98. The second kappa shape index (κ2) is 7.76. The van der Waals surface area contributed by atoms with Gasteiger partial charge in [-0.2, -0.15) is 0 Å². The van der Waals surface area contributed by atoms with E-state index in [9.17, 15) is 13.2 Å². The summed E-state index contributed by atoms with van der Waals surface area (Å²) in [7, 11) is -3.81. The van der Waals surface area contributed by atoms with Gasteiger partial charge < -0.3 is 5.32 Å². The van der Waals surface area contributed by atoms with Crippen molar-refractivity contribution < 1.29 is 13.2 Å². The van der Waals surface area contributed by atoms with E-state index in [1.54, 1.807) is 34.8 Å². The maximum atomic E-state index is 12.7. The van der Waals surface area contributed by atoms with Crippen LogP contribution in [0.1, 0.15) is 21.4 Å². The Balaban J connectivity index is 1.53. The molecule has 0 fully saturated rings. The predicted molar refractivity (Wildman–Crippen MR) is 112 cm³/mol. The molecule has 3 N–H and O–H groups in total. The molecule has 146 valence electrons. The molecule has 1 aromatic carbocycles. The highest BCUT2D eigenvalue weighted by Gasteiger charge is 2.31. The van der Waals surface area contributed by atoms with E-state index in [4.69, 9.17) is 5.14 Å². The normalized spacial score (nSPS) is 17.2. The number of nitrogens with two attached hydrogens (primary N) is 1. The summed E-state index contributed by atoms with van der Waals surface area (Å²) in [6.07, 6.45) is 0.920. The van der Waals surface area contributed by atoms with Gasteiger partial charge in [-0.3, -0.25) is 9.69 Å². The van der Waals surface area contributed by atoms with Crippen LogP contribution < -0.4 is 10.5 Å². The maximum absolute atomic E-state index is 12.7. The van der Waals surface area contributed by atoms with Crippen molar-refractivity contribution in [2.24, 2.45) is 5.14 Å². The first-order chi connectivity index (χ1) is 13.4. The Labute approximate surface area is 171 Å². The van der Waals surface area contributed by atoms with E-state index in [0.717, 1.165) is 13.0 Å². The van der Waals surface area contributed by atoms with Crippen LogP contribution in [0.2, 0.25) is 0 Å². The number of hydrogen-bond acceptors (Lipinski definition) is 6. The molecule has 1 amide bonds. The van der Waals surface area contributed by atoms with Crippen molar-refractivity contribution in [1.82, 2.24) is 4.90 Å². The maximum Gasteiger partial charge on any atom is 0.238 e. The Bertz CT molecular complexity index is 1090. The van der Waals surface area contributed by atoms with Crippen LogP contribution in [0, 0.1) is 0 Å². The zero-order chi connectivity index (χ0) is 19.7. The highest BCUT2D eigenvalue weighted by Crippen LogP contribution is 2.39. The lowest BCUT2D eigenvalue weighted by Gasteiger charge is -2.34. The van der Waals surface area contributed by atoms with Crippen molar-refractivity contribution >= 4 is 44.3 Å². The second-order valence-electron chi connectivity index (χ2n) is 6.56. The van der Waals surface area contributed by atoms with Gasteiger partial charge in [-0.1, -0.05) is 12.1 Å². The van der Waals surface area contributed by atoms with Gasteiger partial charge in [0.2, 0.25) is 15.9 Å². The third kappa shape index (κ3) is 4.03. The summed E-state index contributed by atoms with van der Waals surface area (Å²) < 4.78 is 23.0. The zero-order valence-corrected chi connectivity index (χ0v) is 17.3. The lowest BCUT2D eigenvalue weighted by Crippen LogP contribution is -2.40. The monoisotopic (exact) mass is 433 g/mol. The van der Waals surface area contributed by atoms with Gasteiger partial charge in [0.1, 0.15) is 0 Å². The van der Waals surface area contributed by atoms with E-state index in [1.165, 1.54) is 27.5 Å². The fraction of sp³-hybridized carbons (Fsp3) is 0.211. The quantitative estimate of drug-likeness (QED) is 0.647. The van der Waals surface area contributed by atoms with Crippen LogP contribution in [0.25, 0.3) is 0 Å². The Morgan fingerprint density at radius 2 is 2.04 bits per heavy atom. The smallest absolute Gasteiger partial charge is 0.238 e. The van der Waals surface area contributed by atoms with E-state index in [2.05, 4.69) is 27.7 Å². The summed E-state index contributed by atoms with van der Waals surface area (Å²) in [5.74, 6) is -0.188. The summed E-state index contributed by atoms with van der Waals surface area (Å²) in [6, 6.07) is 12.3. The number of sulfonamides is 1. The van der Waals surface area contributed by atoms with Gasteiger partial charge in [-0.25, -0.2) is 13.6 Å². The molecule has 0 saturated carbocycles. The van der Waals surface area contributed by atoms with E-state index in [-0.39, 0.29) is 23.4 Å². The number of nitrogens with one attached hydrogen (secondary N) is 1. The number of hydrogen-bond donors (Lipinski definition) is 2. The van der Waals surface area contributed by atoms with Gasteiger partial charge >= 0.3 is 0 Å². The van der Waals surface area contributed by atoms with Crippen molar-refractivity contribution in [3.63, 3.8) is 0 Å². The number of carbonyl (C=O) groups is 1. The molecule has 1 aliphatic rings. The Morgan fingerprint density at radius 1 is 1.18 bits per heavy atom. The number of fused-ring (bicyclic) bond motifs is 1. The van der Waals surface area contributed by atoms with E-state index < -0.39 is 10.0 Å². The van der Waals surface area contributed by atoms with E-state index in [0.29, 0.717) is 5.69 Å². The van der Waals surface area contributed by atoms with Crippen LogP contribution >= 0.6 is 22.7 Å². The molecule has 3 heterocycles. The van der Waals surface area contributed by atoms with E-state index >= 15 is 0 Å². The number of primary sulfonamides is 1. The Kier molecular flexibility index (Phi) is 5.35. The molecule has 0 radical (unpaired) electrons. The molecular weight excluding hydrogens is 414 g/mol. The van der Waals surface area contributed by atoms with Gasteiger partial charge in [-0.15, -0.1) is 22.7 Å².